The minimum absolute atomic E-state index is 0.323. The first-order valence-electron chi connectivity index (χ1n) is 12.4. The van der Waals surface area contributed by atoms with Crippen LogP contribution in [0.1, 0.15) is 28.3 Å². The molecule has 0 saturated carbocycles. The van der Waals surface area contributed by atoms with Crippen LogP contribution < -0.4 is 14.2 Å². The fourth-order valence-electron chi connectivity index (χ4n) is 5.23. The number of fused-ring (bicyclic) bond motifs is 2. The van der Waals surface area contributed by atoms with Gasteiger partial charge in [0.25, 0.3) is 0 Å². The molecule has 0 amide bonds. The van der Waals surface area contributed by atoms with Crippen molar-refractivity contribution in [2.24, 2.45) is 0 Å². The van der Waals surface area contributed by atoms with E-state index in [4.69, 9.17) is 14.2 Å². The Labute approximate surface area is 218 Å². The van der Waals surface area contributed by atoms with Gasteiger partial charge in [-0.25, -0.2) is 0 Å². The lowest BCUT2D eigenvalue weighted by Crippen LogP contribution is -2.47. The third kappa shape index (κ3) is 5.12. The van der Waals surface area contributed by atoms with Gasteiger partial charge in [0.2, 0.25) is 5.75 Å². The van der Waals surface area contributed by atoms with Crippen molar-refractivity contribution in [1.29, 1.82) is 0 Å². The molecule has 0 bridgehead atoms. The van der Waals surface area contributed by atoms with Crippen molar-refractivity contribution >= 4 is 17.8 Å². The van der Waals surface area contributed by atoms with E-state index in [1.165, 1.54) is 21.6 Å². The van der Waals surface area contributed by atoms with E-state index in [2.05, 4.69) is 70.5 Å². The summed E-state index contributed by atoms with van der Waals surface area (Å²) in [5.41, 5.74) is 5.40. The number of hydrogen-bond acceptors (Lipinski definition) is 6. The lowest BCUT2D eigenvalue weighted by Gasteiger charge is -2.40. The van der Waals surface area contributed by atoms with Gasteiger partial charge in [-0.2, -0.15) is 0 Å². The molecule has 0 aromatic heterocycles. The van der Waals surface area contributed by atoms with Crippen molar-refractivity contribution in [3.8, 4) is 17.2 Å². The fraction of sp³-hybridized carbons (Fsp3) is 0.333. The Morgan fingerprint density at radius 1 is 0.833 bits per heavy atom. The Kier molecular flexibility index (Phi) is 7.85. The highest BCUT2D eigenvalue weighted by atomic mass is 32.2. The predicted molar refractivity (Wildman–Crippen MR) is 147 cm³/mol. The molecule has 1 saturated heterocycles. The third-order valence-corrected chi connectivity index (χ3v) is 8.22. The van der Waals surface area contributed by atoms with Gasteiger partial charge in [0.1, 0.15) is 0 Å². The first-order valence-corrected chi connectivity index (χ1v) is 13.4. The number of hydrogen-bond donors (Lipinski definition) is 0. The lowest BCUT2D eigenvalue weighted by molar-refractivity contribution is 0.117. The summed E-state index contributed by atoms with van der Waals surface area (Å²) in [7, 11) is 4.92. The molecule has 1 fully saturated rings. The van der Waals surface area contributed by atoms with E-state index in [-0.39, 0.29) is 0 Å². The van der Waals surface area contributed by atoms with Crippen molar-refractivity contribution in [2.45, 2.75) is 16.7 Å². The summed E-state index contributed by atoms with van der Waals surface area (Å²) < 4.78 is 16.4. The van der Waals surface area contributed by atoms with E-state index in [0.717, 1.165) is 44.0 Å². The van der Waals surface area contributed by atoms with E-state index in [1.807, 2.05) is 23.9 Å². The molecule has 188 valence electrons. The van der Waals surface area contributed by atoms with Crippen LogP contribution in [-0.4, -0.2) is 63.9 Å². The number of nitrogens with zero attached hydrogens (tertiary/aromatic N) is 2. The normalized spacial score (nSPS) is 18.4. The third-order valence-electron chi connectivity index (χ3n) is 7.08. The highest BCUT2D eigenvalue weighted by molar-refractivity contribution is 7.98. The van der Waals surface area contributed by atoms with Crippen LogP contribution in [0.5, 0.6) is 17.2 Å². The maximum Gasteiger partial charge on any atom is 0.203 e. The summed E-state index contributed by atoms with van der Waals surface area (Å²) in [6.45, 7) is 5.12. The monoisotopic (exact) mass is 502 g/mol. The van der Waals surface area contributed by atoms with Crippen molar-refractivity contribution in [3.05, 3.63) is 89.0 Å². The molecule has 2 aliphatic heterocycles. The van der Waals surface area contributed by atoms with Gasteiger partial charge >= 0.3 is 0 Å². The summed E-state index contributed by atoms with van der Waals surface area (Å²) in [6, 6.07) is 22.2. The number of piperazine rings is 1. The van der Waals surface area contributed by atoms with Gasteiger partial charge in [-0.05, 0) is 40.5 Å². The Morgan fingerprint density at radius 2 is 1.50 bits per heavy atom. The zero-order valence-electron chi connectivity index (χ0n) is 21.3. The van der Waals surface area contributed by atoms with Crippen LogP contribution in [0.15, 0.2) is 71.6 Å². The molecule has 0 spiro atoms. The predicted octanol–water partition coefficient (Wildman–Crippen LogP) is 5.74. The van der Waals surface area contributed by atoms with Crippen LogP contribution in [0, 0.1) is 0 Å². The first-order chi connectivity index (χ1) is 17.7. The van der Waals surface area contributed by atoms with Crippen molar-refractivity contribution < 1.29 is 14.2 Å². The van der Waals surface area contributed by atoms with Gasteiger partial charge in [0.05, 0.1) is 27.4 Å². The number of methoxy groups -OCH3 is 3. The van der Waals surface area contributed by atoms with Crippen LogP contribution in [0.25, 0.3) is 6.08 Å². The summed E-state index contributed by atoms with van der Waals surface area (Å²) in [6.07, 6.45) is 4.36. The summed E-state index contributed by atoms with van der Waals surface area (Å²) >= 11 is 1.96. The molecule has 3 aromatic rings. The largest absolute Gasteiger partial charge is 0.493 e. The number of benzene rings is 3. The number of rotatable bonds is 7. The number of thioether (sulfide) groups is 1. The molecular weight excluding hydrogens is 468 g/mol. The van der Waals surface area contributed by atoms with Crippen LogP contribution in [0.3, 0.4) is 0 Å². The molecule has 0 aliphatic carbocycles. The van der Waals surface area contributed by atoms with Crippen LogP contribution in [0.4, 0.5) is 0 Å². The zero-order chi connectivity index (χ0) is 24.9. The molecule has 1 unspecified atom stereocenters. The van der Waals surface area contributed by atoms with Crippen molar-refractivity contribution in [3.63, 3.8) is 0 Å². The molecule has 0 radical (unpaired) electrons. The molecule has 2 heterocycles. The molecule has 6 heteroatoms. The second-order valence-electron chi connectivity index (χ2n) is 9.13. The van der Waals surface area contributed by atoms with E-state index < -0.39 is 0 Å². The zero-order valence-corrected chi connectivity index (χ0v) is 22.1. The highest BCUT2D eigenvalue weighted by Gasteiger charge is 2.30. The number of ether oxygens (including phenoxy) is 3. The smallest absolute Gasteiger partial charge is 0.203 e. The van der Waals surface area contributed by atoms with Gasteiger partial charge in [-0.1, -0.05) is 54.6 Å². The first kappa shape index (κ1) is 24.8. The summed E-state index contributed by atoms with van der Waals surface area (Å²) in [5.74, 6) is 3.00. The fourth-order valence-corrected chi connectivity index (χ4v) is 6.32. The molecule has 5 nitrogen and oxygen atoms in total. The quantitative estimate of drug-likeness (QED) is 0.410. The van der Waals surface area contributed by atoms with Gasteiger partial charge in [0, 0.05) is 43.4 Å². The van der Waals surface area contributed by atoms with Crippen molar-refractivity contribution in [1.82, 2.24) is 9.80 Å². The maximum atomic E-state index is 5.49. The van der Waals surface area contributed by atoms with E-state index in [9.17, 15) is 0 Å². The maximum absolute atomic E-state index is 5.49. The SMILES string of the molecule is COc1cc(/C=C/CN2CCN(C3c4ccccc4CSc4ccccc43)CC2)cc(OC)c1OC. The Morgan fingerprint density at radius 3 is 2.19 bits per heavy atom. The Hall–Kier alpha value is -2.93. The van der Waals surface area contributed by atoms with Crippen LogP contribution in [-0.2, 0) is 5.75 Å². The molecule has 0 N–H and O–H groups in total. The van der Waals surface area contributed by atoms with E-state index in [0.29, 0.717) is 23.3 Å². The molecule has 1 atom stereocenters. The molecule has 5 rings (SSSR count). The van der Waals surface area contributed by atoms with Crippen molar-refractivity contribution in [2.75, 3.05) is 54.1 Å². The Bertz CT molecular complexity index is 1150. The Balaban J connectivity index is 1.27. The van der Waals surface area contributed by atoms with Gasteiger partial charge < -0.3 is 14.2 Å². The minimum Gasteiger partial charge on any atom is -0.493 e. The molecule has 2 aliphatic rings. The van der Waals surface area contributed by atoms with E-state index >= 15 is 0 Å². The second kappa shape index (κ2) is 11.4. The highest BCUT2D eigenvalue weighted by Crippen LogP contribution is 2.42. The minimum atomic E-state index is 0.323. The topological polar surface area (TPSA) is 34.2 Å². The standard InChI is InChI=1S/C30H34N2O3S/c1-33-26-19-22(20-27(34-2)30(26)35-3)9-8-14-31-15-17-32(18-16-31)29-24-11-5-4-10-23(24)21-36-28-13-7-6-12-25(28)29/h4-13,19-20,29H,14-18,21H2,1-3H3/b9-8+. The van der Waals surface area contributed by atoms with Gasteiger partial charge in [-0.3, -0.25) is 9.80 Å². The summed E-state index contributed by atoms with van der Waals surface area (Å²) in [4.78, 5) is 6.60. The van der Waals surface area contributed by atoms with Gasteiger partial charge in [0.15, 0.2) is 11.5 Å². The average molecular weight is 503 g/mol. The second-order valence-corrected chi connectivity index (χ2v) is 10.1. The molecule has 36 heavy (non-hydrogen) atoms. The molecular formula is C30H34N2O3S. The summed E-state index contributed by atoms with van der Waals surface area (Å²) in [5, 5.41) is 0. The average Bonchev–Trinajstić information content (AvgIpc) is 3.10. The van der Waals surface area contributed by atoms with Crippen LogP contribution >= 0.6 is 11.8 Å². The lowest BCUT2D eigenvalue weighted by atomic mass is 9.93. The van der Waals surface area contributed by atoms with E-state index in [1.54, 1.807) is 21.3 Å². The molecule has 3 aromatic carbocycles. The van der Waals surface area contributed by atoms with Crippen LogP contribution in [0.2, 0.25) is 0 Å². The van der Waals surface area contributed by atoms with Gasteiger partial charge in [-0.15, -0.1) is 11.8 Å².